The van der Waals surface area contributed by atoms with E-state index in [9.17, 15) is 20.4 Å². The van der Waals surface area contributed by atoms with E-state index in [0.29, 0.717) is 53.1 Å². The minimum atomic E-state index is -1.41. The lowest BCUT2D eigenvalue weighted by molar-refractivity contribution is -0.313. The Morgan fingerprint density at radius 3 is 2.58 bits per heavy atom. The van der Waals surface area contributed by atoms with Crippen LogP contribution in [0.15, 0.2) is 24.3 Å². The van der Waals surface area contributed by atoms with E-state index in [4.69, 9.17) is 18.9 Å². The van der Waals surface area contributed by atoms with Gasteiger partial charge < -0.3 is 39.4 Å². The molecule has 6 rings (SSSR count). The van der Waals surface area contributed by atoms with Crippen molar-refractivity contribution in [1.82, 2.24) is 0 Å². The van der Waals surface area contributed by atoms with Crippen molar-refractivity contribution in [3.63, 3.8) is 0 Å². The molecule has 6 aliphatic rings. The van der Waals surface area contributed by atoms with Gasteiger partial charge in [0.1, 0.15) is 24.4 Å². The average molecular weight is 605 g/mol. The van der Waals surface area contributed by atoms with Crippen molar-refractivity contribution in [2.45, 2.75) is 128 Å². The van der Waals surface area contributed by atoms with E-state index in [2.05, 4.69) is 33.4 Å². The van der Waals surface area contributed by atoms with E-state index >= 15 is 0 Å². The maximum Gasteiger partial charge on any atom is 0.186 e. The van der Waals surface area contributed by atoms with Crippen molar-refractivity contribution in [1.29, 1.82) is 0 Å². The van der Waals surface area contributed by atoms with Crippen LogP contribution >= 0.6 is 0 Å². The van der Waals surface area contributed by atoms with Crippen LogP contribution in [0.2, 0.25) is 0 Å². The molecule has 0 aromatic carbocycles. The summed E-state index contributed by atoms with van der Waals surface area (Å²) < 4.78 is 24.1. The fourth-order valence-electron chi connectivity index (χ4n) is 11.0. The highest BCUT2D eigenvalue weighted by Gasteiger charge is 2.65. The Kier molecular flexibility index (Phi) is 9.26. The number of hydrogen-bond donors (Lipinski definition) is 4. The highest BCUT2D eigenvalue weighted by molar-refractivity contribution is 5.26. The predicted molar refractivity (Wildman–Crippen MR) is 162 cm³/mol. The average Bonchev–Trinajstić information content (AvgIpc) is 3.48. The first-order chi connectivity index (χ1) is 20.5. The summed E-state index contributed by atoms with van der Waals surface area (Å²) >= 11 is 0. The largest absolute Gasteiger partial charge is 0.394 e. The van der Waals surface area contributed by atoms with E-state index in [-0.39, 0.29) is 11.5 Å². The summed E-state index contributed by atoms with van der Waals surface area (Å²) in [6.07, 6.45) is 8.61. The molecular weight excluding hydrogens is 548 g/mol. The Balaban J connectivity index is 1.11. The van der Waals surface area contributed by atoms with Crippen molar-refractivity contribution in [3.8, 4) is 0 Å². The van der Waals surface area contributed by atoms with Gasteiger partial charge in [0.25, 0.3) is 0 Å². The van der Waals surface area contributed by atoms with Gasteiger partial charge in [0, 0.05) is 7.11 Å². The van der Waals surface area contributed by atoms with Crippen LogP contribution in [0.3, 0.4) is 0 Å². The third-order valence-electron chi connectivity index (χ3n) is 13.4. The van der Waals surface area contributed by atoms with Crippen molar-refractivity contribution >= 4 is 0 Å². The number of rotatable bonds is 9. The van der Waals surface area contributed by atoms with Crippen molar-refractivity contribution in [3.05, 3.63) is 24.3 Å². The highest BCUT2D eigenvalue weighted by atomic mass is 16.7. The molecule has 5 fully saturated rings. The summed E-state index contributed by atoms with van der Waals surface area (Å²) in [4.78, 5) is 0. The summed E-state index contributed by atoms with van der Waals surface area (Å²) in [5.74, 6) is 3.63. The van der Waals surface area contributed by atoms with Crippen LogP contribution in [0.4, 0.5) is 0 Å². The number of ether oxygens (including phenoxy) is 4. The molecule has 3 saturated carbocycles. The van der Waals surface area contributed by atoms with Gasteiger partial charge in [0.2, 0.25) is 0 Å². The topological polar surface area (TPSA) is 118 Å². The van der Waals surface area contributed by atoms with Gasteiger partial charge in [-0.1, -0.05) is 38.5 Å². The maximum atomic E-state index is 10.5. The van der Waals surface area contributed by atoms with Gasteiger partial charge in [-0.05, 0) is 104 Å². The number of fused-ring (bicyclic) bond motifs is 7. The lowest BCUT2D eigenvalue weighted by Crippen LogP contribution is -2.60. The van der Waals surface area contributed by atoms with Gasteiger partial charge >= 0.3 is 0 Å². The third-order valence-corrected chi connectivity index (χ3v) is 13.4. The molecule has 0 aromatic rings. The van der Waals surface area contributed by atoms with Crippen molar-refractivity contribution < 1.29 is 39.4 Å². The van der Waals surface area contributed by atoms with E-state index in [1.54, 1.807) is 7.11 Å². The molecule has 244 valence electrons. The predicted octanol–water partition coefficient (Wildman–Crippen LogP) is 3.99. The second-order valence-corrected chi connectivity index (χ2v) is 15.4. The molecule has 0 spiro atoms. The van der Waals surface area contributed by atoms with Gasteiger partial charge in [0.15, 0.2) is 6.29 Å². The lowest BCUT2D eigenvalue weighted by Gasteiger charge is -2.58. The normalized spacial score (nSPS) is 51.5. The van der Waals surface area contributed by atoms with E-state index < -0.39 is 37.3 Å². The summed E-state index contributed by atoms with van der Waals surface area (Å²) in [7, 11) is 1.76. The van der Waals surface area contributed by atoms with Gasteiger partial charge in [-0.2, -0.15) is 0 Å². The zero-order chi connectivity index (χ0) is 30.7. The molecule has 4 N–H and O–H groups in total. The Bertz CT molecular complexity index is 1030. The first-order valence-corrected chi connectivity index (χ1v) is 17.0. The minimum Gasteiger partial charge on any atom is -0.394 e. The molecular formula is C35H56O8. The highest BCUT2D eigenvalue weighted by Crippen LogP contribution is 2.69. The van der Waals surface area contributed by atoms with Crippen LogP contribution in [-0.4, -0.2) is 89.8 Å². The molecule has 0 amide bonds. The van der Waals surface area contributed by atoms with Crippen LogP contribution in [0.5, 0.6) is 0 Å². The van der Waals surface area contributed by atoms with Gasteiger partial charge in [0.05, 0.1) is 31.5 Å². The molecule has 0 aromatic heterocycles. The SMILES string of the molecule is C=C[C@H](CC[C@H]1OC2CC3[C@@H]4CC=C5C[C@@H](O[C@@H]6OC(CO)[C@@H](O)C(O)C6O)CC[C@]5(C)[C@H]4CC[C@]3(C)C2[C@@H]1C)COC. The fourth-order valence-corrected chi connectivity index (χ4v) is 11.0. The number of allylic oxidation sites excluding steroid dienone is 1. The van der Waals surface area contributed by atoms with Crippen molar-refractivity contribution in [2.75, 3.05) is 20.3 Å². The molecule has 0 bridgehead atoms. The molecule has 8 heteroatoms. The molecule has 4 aliphatic carbocycles. The monoisotopic (exact) mass is 604 g/mol. The first-order valence-electron chi connectivity index (χ1n) is 17.0. The Morgan fingerprint density at radius 2 is 1.86 bits per heavy atom. The Labute approximate surface area is 257 Å². The second-order valence-electron chi connectivity index (χ2n) is 15.4. The third kappa shape index (κ3) is 5.40. The molecule has 8 nitrogen and oxygen atoms in total. The first kappa shape index (κ1) is 32.1. The maximum absolute atomic E-state index is 10.5. The van der Waals surface area contributed by atoms with Crippen LogP contribution in [-0.2, 0) is 18.9 Å². The molecule has 43 heavy (non-hydrogen) atoms. The Hall–Kier alpha value is -0.840. The zero-order valence-electron chi connectivity index (χ0n) is 26.6. The summed E-state index contributed by atoms with van der Waals surface area (Å²) in [6.45, 7) is 11.8. The van der Waals surface area contributed by atoms with E-state index in [1.807, 2.05) is 6.08 Å². The van der Waals surface area contributed by atoms with Crippen LogP contribution in [0, 0.1) is 46.3 Å². The number of methoxy groups -OCH3 is 1. The van der Waals surface area contributed by atoms with Crippen LogP contribution in [0.25, 0.3) is 0 Å². The number of aliphatic hydroxyl groups excluding tert-OH is 4. The minimum absolute atomic E-state index is 0.132. The molecule has 2 saturated heterocycles. The summed E-state index contributed by atoms with van der Waals surface area (Å²) in [5, 5.41) is 40.4. The van der Waals surface area contributed by atoms with Gasteiger partial charge in [-0.15, -0.1) is 6.58 Å². The Morgan fingerprint density at radius 1 is 1.07 bits per heavy atom. The van der Waals surface area contributed by atoms with Crippen LogP contribution < -0.4 is 0 Å². The van der Waals surface area contributed by atoms with Gasteiger partial charge in [-0.25, -0.2) is 0 Å². The molecule has 16 atom stereocenters. The molecule has 2 heterocycles. The number of hydrogen-bond acceptors (Lipinski definition) is 8. The smallest absolute Gasteiger partial charge is 0.186 e. The van der Waals surface area contributed by atoms with E-state index in [0.717, 1.165) is 45.1 Å². The second kappa shape index (κ2) is 12.4. The van der Waals surface area contributed by atoms with Gasteiger partial charge in [-0.3, -0.25) is 0 Å². The summed E-state index contributed by atoms with van der Waals surface area (Å²) in [6, 6.07) is 0. The summed E-state index contributed by atoms with van der Waals surface area (Å²) in [5.41, 5.74) is 1.94. The van der Waals surface area contributed by atoms with Crippen molar-refractivity contribution in [2.24, 2.45) is 46.3 Å². The molecule has 6 unspecified atom stereocenters. The molecule has 0 radical (unpaired) electrons. The number of aliphatic hydroxyl groups is 4. The zero-order valence-corrected chi connectivity index (χ0v) is 26.6. The molecule has 2 aliphatic heterocycles. The fraction of sp³-hybridized carbons (Fsp3) is 0.886. The quantitative estimate of drug-likeness (QED) is 0.292. The lowest BCUT2D eigenvalue weighted by atomic mass is 9.47. The standard InChI is InChI=1S/C35H56O8/c1-6-20(18-40-5)7-10-26-19(2)29-27(42-26)16-25-23-9-8-21-15-22(11-13-34(21,3)24(23)12-14-35(25,29)4)41-33-32(39)31(38)30(37)28(17-36)43-33/h6,8,19-20,22-33,36-39H,1,7,9-18H2,2-5H3/t19-,20-,22+,23-,24+,25?,26-,27?,28?,29?,30-,31?,32?,33-,34+,35+/m1/s1. The van der Waals surface area contributed by atoms with Crippen LogP contribution in [0.1, 0.15) is 78.6 Å². The van der Waals surface area contributed by atoms with E-state index in [1.165, 1.54) is 24.8 Å².